The van der Waals surface area contributed by atoms with E-state index >= 15 is 0 Å². The van der Waals surface area contributed by atoms with E-state index in [1.807, 2.05) is 0 Å². The molecule has 1 aliphatic rings. The van der Waals surface area contributed by atoms with Gasteiger partial charge in [0.25, 0.3) is 5.91 Å². The maximum atomic E-state index is 14.4. The van der Waals surface area contributed by atoms with Gasteiger partial charge in [0, 0.05) is 10.5 Å². The van der Waals surface area contributed by atoms with E-state index in [9.17, 15) is 22.8 Å². The maximum Gasteiger partial charge on any atom is 0.421 e. The monoisotopic (exact) mass is 411 g/mol. The van der Waals surface area contributed by atoms with Crippen molar-refractivity contribution >= 4 is 29.4 Å². The average molecular weight is 411 g/mol. The smallest absolute Gasteiger partial charge is 0.421 e. The second kappa shape index (κ2) is 7.05. The number of rotatable bonds is 3. The number of fused-ring (bicyclic) bond motifs is 1. The van der Waals surface area contributed by atoms with Crippen molar-refractivity contribution in [3.63, 3.8) is 0 Å². The Kier molecular flexibility index (Phi) is 5.05. The fraction of sp³-hybridized carbons (Fsp3) is 0.263. The number of hydrogen-bond acceptors (Lipinski definition) is 5. The van der Waals surface area contributed by atoms with E-state index in [4.69, 9.17) is 4.74 Å². The van der Waals surface area contributed by atoms with Crippen LogP contribution in [0.25, 0.3) is 0 Å². The van der Waals surface area contributed by atoms with Crippen molar-refractivity contribution in [2.24, 2.45) is 0 Å². The Morgan fingerprint density at radius 3 is 2.29 bits per heavy atom. The van der Waals surface area contributed by atoms with Crippen molar-refractivity contribution in [2.75, 3.05) is 19.1 Å². The van der Waals surface area contributed by atoms with Gasteiger partial charge >= 0.3 is 12.3 Å². The number of carbonyl (C=O) groups excluding carboxylic acids is 2. The van der Waals surface area contributed by atoms with Crippen LogP contribution in [0.4, 0.5) is 23.7 Å². The van der Waals surface area contributed by atoms with Gasteiger partial charge in [0.1, 0.15) is 5.75 Å². The van der Waals surface area contributed by atoms with Crippen LogP contribution < -0.4 is 9.64 Å². The molecule has 0 bridgehead atoms. The number of benzene rings is 2. The summed E-state index contributed by atoms with van der Waals surface area (Å²) in [7, 11) is 2.30. The molecule has 5 nitrogen and oxygen atoms in total. The van der Waals surface area contributed by atoms with Gasteiger partial charge in [0.2, 0.25) is 4.75 Å². The van der Waals surface area contributed by atoms with Gasteiger partial charge in [-0.3, -0.25) is 4.79 Å². The number of ether oxygens (including phenoxy) is 2. The van der Waals surface area contributed by atoms with Gasteiger partial charge in [-0.15, -0.1) is 0 Å². The van der Waals surface area contributed by atoms with Crippen LogP contribution in [0.2, 0.25) is 0 Å². The molecule has 0 spiro atoms. The SMILES string of the molecule is COC(=O)N1C(=O)[C@@](Sc2ccc(C)cc2)(C(F)(F)F)c2cc(OC)ccc21. The molecule has 28 heavy (non-hydrogen) atoms. The van der Waals surface area contributed by atoms with E-state index in [-0.39, 0.29) is 21.9 Å². The lowest BCUT2D eigenvalue weighted by atomic mass is 9.98. The van der Waals surface area contributed by atoms with Crippen LogP contribution in [0.3, 0.4) is 0 Å². The minimum absolute atomic E-state index is 0.136. The van der Waals surface area contributed by atoms with E-state index in [1.54, 1.807) is 19.1 Å². The summed E-state index contributed by atoms with van der Waals surface area (Å²) in [5.74, 6) is -1.29. The number of anilines is 1. The number of nitrogens with zero attached hydrogens (tertiary/aromatic N) is 1. The number of hydrogen-bond donors (Lipinski definition) is 0. The van der Waals surface area contributed by atoms with Crippen molar-refractivity contribution in [2.45, 2.75) is 22.7 Å². The Balaban J connectivity index is 2.27. The normalized spacial score (nSPS) is 18.8. The van der Waals surface area contributed by atoms with Crippen LogP contribution in [-0.2, 0) is 14.3 Å². The zero-order valence-corrected chi connectivity index (χ0v) is 16.0. The minimum Gasteiger partial charge on any atom is -0.497 e. The third kappa shape index (κ3) is 2.99. The molecule has 1 heterocycles. The number of thioether (sulfide) groups is 1. The molecule has 2 amide bonds. The van der Waals surface area contributed by atoms with Gasteiger partial charge < -0.3 is 9.47 Å². The standard InChI is InChI=1S/C19H16F3NO4S/c1-11-4-7-13(8-5-11)28-18(19(20,21)22)14-10-12(26-2)6-9-15(14)23(16(18)24)17(25)27-3/h4-10H,1-3H3/t18-/m1/s1. The summed E-state index contributed by atoms with van der Waals surface area (Å²) in [6, 6.07) is 10.1. The molecule has 0 saturated heterocycles. The van der Waals surface area contributed by atoms with E-state index in [0.717, 1.165) is 18.7 Å². The largest absolute Gasteiger partial charge is 0.497 e. The highest BCUT2D eigenvalue weighted by molar-refractivity contribution is 8.01. The first-order chi connectivity index (χ1) is 13.2. The summed E-state index contributed by atoms with van der Waals surface area (Å²) in [4.78, 5) is 25.8. The average Bonchev–Trinajstić information content (AvgIpc) is 2.91. The molecule has 0 unspecified atom stereocenters. The number of halogens is 3. The molecule has 0 radical (unpaired) electrons. The number of carbonyl (C=O) groups is 2. The molecule has 2 aromatic carbocycles. The van der Waals surface area contributed by atoms with Gasteiger partial charge in [-0.05, 0) is 37.3 Å². The predicted molar refractivity (Wildman–Crippen MR) is 97.7 cm³/mol. The lowest BCUT2D eigenvalue weighted by Gasteiger charge is -2.30. The van der Waals surface area contributed by atoms with E-state index in [0.29, 0.717) is 16.7 Å². The van der Waals surface area contributed by atoms with E-state index in [2.05, 4.69) is 4.74 Å². The molecule has 3 rings (SSSR count). The van der Waals surface area contributed by atoms with Crippen molar-refractivity contribution in [3.05, 3.63) is 53.6 Å². The molecule has 148 valence electrons. The molecule has 9 heteroatoms. The van der Waals surface area contributed by atoms with Gasteiger partial charge in [0.15, 0.2) is 0 Å². The van der Waals surface area contributed by atoms with Crippen LogP contribution in [0.1, 0.15) is 11.1 Å². The van der Waals surface area contributed by atoms with E-state index in [1.165, 1.54) is 31.4 Å². The zero-order chi connectivity index (χ0) is 20.7. The second-order valence-electron chi connectivity index (χ2n) is 6.09. The first kappa shape index (κ1) is 20.1. The van der Waals surface area contributed by atoms with Gasteiger partial charge in [-0.25, -0.2) is 9.69 Å². The Morgan fingerprint density at radius 2 is 1.75 bits per heavy atom. The highest BCUT2D eigenvalue weighted by atomic mass is 32.2. The predicted octanol–water partition coefficient (Wildman–Crippen LogP) is 4.67. The number of alkyl halides is 3. The molecule has 0 N–H and O–H groups in total. The molecule has 2 aromatic rings. The molecular weight excluding hydrogens is 395 g/mol. The summed E-state index contributed by atoms with van der Waals surface area (Å²) in [6.07, 6.45) is -6.18. The van der Waals surface area contributed by atoms with E-state index < -0.39 is 22.9 Å². The second-order valence-corrected chi connectivity index (χ2v) is 7.38. The van der Waals surface area contributed by atoms with Crippen LogP contribution in [0.5, 0.6) is 5.75 Å². The molecule has 1 atom stereocenters. The van der Waals surface area contributed by atoms with Gasteiger partial charge in [0.05, 0.1) is 19.9 Å². The number of imide groups is 1. The van der Waals surface area contributed by atoms with Crippen molar-refractivity contribution in [3.8, 4) is 5.75 Å². The Labute approximate surface area is 163 Å². The molecule has 0 aromatic heterocycles. The van der Waals surface area contributed by atoms with Crippen molar-refractivity contribution in [1.29, 1.82) is 0 Å². The summed E-state index contributed by atoms with van der Waals surface area (Å²) in [5.41, 5.74) is 0.302. The fourth-order valence-electron chi connectivity index (χ4n) is 2.99. The lowest BCUT2D eigenvalue weighted by molar-refractivity contribution is -0.169. The van der Waals surface area contributed by atoms with Crippen molar-refractivity contribution in [1.82, 2.24) is 0 Å². The van der Waals surface area contributed by atoms with Crippen LogP contribution in [0.15, 0.2) is 47.4 Å². The quantitative estimate of drug-likeness (QED) is 0.735. The Morgan fingerprint density at radius 1 is 1.11 bits per heavy atom. The highest BCUT2D eigenvalue weighted by Crippen LogP contribution is 2.60. The minimum atomic E-state index is -5.00. The summed E-state index contributed by atoms with van der Waals surface area (Å²) >= 11 is 0.336. The summed E-state index contributed by atoms with van der Waals surface area (Å²) in [6.45, 7) is 1.80. The highest BCUT2D eigenvalue weighted by Gasteiger charge is 2.69. The van der Waals surface area contributed by atoms with Crippen LogP contribution in [0, 0.1) is 6.92 Å². The van der Waals surface area contributed by atoms with Gasteiger partial charge in [-0.1, -0.05) is 29.5 Å². The molecule has 0 saturated carbocycles. The van der Waals surface area contributed by atoms with Crippen LogP contribution >= 0.6 is 11.8 Å². The molecule has 1 aliphatic heterocycles. The first-order valence-electron chi connectivity index (χ1n) is 8.09. The lowest BCUT2D eigenvalue weighted by Crippen LogP contribution is -2.49. The number of amides is 2. The molecule has 0 aliphatic carbocycles. The maximum absolute atomic E-state index is 14.4. The fourth-order valence-corrected chi connectivity index (χ4v) is 4.18. The summed E-state index contributed by atoms with van der Waals surface area (Å²) < 4.78 is 49.9. The molecule has 0 fully saturated rings. The molecular formula is C19H16F3NO4S. The Bertz CT molecular complexity index is 930. The number of aryl methyl sites for hydroxylation is 1. The Hall–Kier alpha value is -2.68. The van der Waals surface area contributed by atoms with Crippen LogP contribution in [-0.4, -0.2) is 32.4 Å². The number of methoxy groups -OCH3 is 2. The first-order valence-corrected chi connectivity index (χ1v) is 8.90. The summed E-state index contributed by atoms with van der Waals surface area (Å²) in [5, 5.41) is 0. The topological polar surface area (TPSA) is 55.8 Å². The zero-order valence-electron chi connectivity index (χ0n) is 15.2. The third-order valence-corrected chi connectivity index (χ3v) is 5.82. The third-order valence-electron chi connectivity index (χ3n) is 4.38. The van der Waals surface area contributed by atoms with Crippen molar-refractivity contribution < 1.29 is 32.2 Å². The van der Waals surface area contributed by atoms with Gasteiger partial charge in [-0.2, -0.15) is 13.2 Å².